The van der Waals surface area contributed by atoms with Gasteiger partial charge in [-0.05, 0) is 36.4 Å². The third-order valence-electron chi connectivity index (χ3n) is 4.97. The van der Waals surface area contributed by atoms with E-state index in [9.17, 15) is 14.9 Å². The van der Waals surface area contributed by atoms with Crippen LogP contribution in [0.15, 0.2) is 72.8 Å². The Morgan fingerprint density at radius 3 is 2.41 bits per heavy atom. The monoisotopic (exact) mass is 388 g/mol. The van der Waals surface area contributed by atoms with Gasteiger partial charge < -0.3 is 10.2 Å². The molecule has 7 heteroatoms. The highest BCUT2D eigenvalue weighted by molar-refractivity contribution is 6.12. The first-order valence-electron chi connectivity index (χ1n) is 9.16. The Balaban J connectivity index is 1.83. The second kappa shape index (κ2) is 7.27. The molecule has 1 aliphatic rings. The van der Waals surface area contributed by atoms with Crippen LogP contribution >= 0.6 is 0 Å². The van der Waals surface area contributed by atoms with Crippen molar-refractivity contribution in [3.8, 4) is 0 Å². The van der Waals surface area contributed by atoms with Gasteiger partial charge in [0.15, 0.2) is 0 Å². The fourth-order valence-electron chi connectivity index (χ4n) is 3.47. The van der Waals surface area contributed by atoms with Gasteiger partial charge in [-0.3, -0.25) is 19.8 Å². The second-order valence-corrected chi connectivity index (χ2v) is 7.03. The van der Waals surface area contributed by atoms with Crippen molar-refractivity contribution < 1.29 is 9.72 Å². The number of nitro groups is 1. The lowest BCUT2D eigenvalue weighted by molar-refractivity contribution is -0.384. The Bertz CT molecular complexity index is 1080. The standard InChI is InChI=1S/C22H20N4O3/c1-24(2)16-10-12-17(13-11-16)25-21(15-6-5-7-18(14-15)26(28)29)23-20-9-4-3-8-19(20)22(25)27/h3-14,21,23H,1-2H3. The van der Waals surface area contributed by atoms with Gasteiger partial charge in [0, 0.05) is 48.9 Å². The van der Waals surface area contributed by atoms with Crippen molar-refractivity contribution >= 4 is 28.7 Å². The highest BCUT2D eigenvalue weighted by Crippen LogP contribution is 2.37. The smallest absolute Gasteiger partial charge is 0.269 e. The van der Waals surface area contributed by atoms with E-state index >= 15 is 0 Å². The number of carbonyl (C=O) groups is 1. The molecule has 0 spiro atoms. The van der Waals surface area contributed by atoms with Crippen LogP contribution in [-0.4, -0.2) is 24.9 Å². The predicted octanol–water partition coefficient (Wildman–Crippen LogP) is 4.43. The molecule has 0 radical (unpaired) electrons. The number of anilines is 3. The minimum atomic E-state index is -0.567. The maximum atomic E-state index is 13.4. The summed E-state index contributed by atoms with van der Waals surface area (Å²) in [4.78, 5) is 27.8. The van der Waals surface area contributed by atoms with Crippen LogP contribution in [0.3, 0.4) is 0 Å². The van der Waals surface area contributed by atoms with Gasteiger partial charge in [-0.1, -0.05) is 24.3 Å². The van der Waals surface area contributed by atoms with Gasteiger partial charge in [-0.25, -0.2) is 0 Å². The maximum Gasteiger partial charge on any atom is 0.269 e. The molecule has 1 aliphatic heterocycles. The predicted molar refractivity (Wildman–Crippen MR) is 113 cm³/mol. The number of fused-ring (bicyclic) bond motifs is 1. The van der Waals surface area contributed by atoms with Gasteiger partial charge in [0.05, 0.1) is 10.5 Å². The zero-order valence-electron chi connectivity index (χ0n) is 16.1. The molecule has 1 amide bonds. The van der Waals surface area contributed by atoms with Crippen LogP contribution in [0.4, 0.5) is 22.7 Å². The molecule has 3 aromatic carbocycles. The Labute approximate surface area is 168 Å². The number of nitrogens with one attached hydrogen (secondary N) is 1. The van der Waals surface area contributed by atoms with Crippen molar-refractivity contribution in [1.29, 1.82) is 0 Å². The van der Waals surface area contributed by atoms with E-state index in [2.05, 4.69) is 5.32 Å². The molecule has 29 heavy (non-hydrogen) atoms. The van der Waals surface area contributed by atoms with Crippen LogP contribution in [0.25, 0.3) is 0 Å². The van der Waals surface area contributed by atoms with Gasteiger partial charge in [-0.2, -0.15) is 0 Å². The van der Waals surface area contributed by atoms with Crippen molar-refractivity contribution in [2.45, 2.75) is 6.17 Å². The van der Waals surface area contributed by atoms with Gasteiger partial charge in [0.2, 0.25) is 0 Å². The number of rotatable bonds is 4. The van der Waals surface area contributed by atoms with E-state index < -0.39 is 11.1 Å². The molecule has 0 saturated carbocycles. The fourth-order valence-corrected chi connectivity index (χ4v) is 3.47. The number of nitro benzene ring substituents is 1. The van der Waals surface area contributed by atoms with E-state index in [0.717, 1.165) is 5.69 Å². The molecular formula is C22H20N4O3. The zero-order valence-corrected chi connectivity index (χ0v) is 16.1. The van der Waals surface area contributed by atoms with Crippen molar-refractivity contribution in [2.24, 2.45) is 0 Å². The zero-order chi connectivity index (χ0) is 20.5. The van der Waals surface area contributed by atoms with Gasteiger partial charge in [0.25, 0.3) is 11.6 Å². The molecule has 0 aliphatic carbocycles. The molecule has 0 saturated heterocycles. The number of carbonyl (C=O) groups excluding carboxylic acids is 1. The molecule has 1 atom stereocenters. The Morgan fingerprint density at radius 2 is 1.72 bits per heavy atom. The first-order chi connectivity index (χ1) is 14.0. The Kier molecular flexibility index (Phi) is 4.64. The second-order valence-electron chi connectivity index (χ2n) is 7.03. The summed E-state index contributed by atoms with van der Waals surface area (Å²) in [5.41, 5.74) is 3.61. The van der Waals surface area contributed by atoms with Gasteiger partial charge in [0.1, 0.15) is 6.17 Å². The summed E-state index contributed by atoms with van der Waals surface area (Å²) in [5, 5.41) is 14.6. The van der Waals surface area contributed by atoms with Crippen LogP contribution in [-0.2, 0) is 0 Å². The third kappa shape index (κ3) is 3.38. The number of amides is 1. The number of benzene rings is 3. The maximum absolute atomic E-state index is 13.4. The summed E-state index contributed by atoms with van der Waals surface area (Å²) in [7, 11) is 3.90. The van der Waals surface area contributed by atoms with Crippen molar-refractivity contribution in [3.63, 3.8) is 0 Å². The average Bonchev–Trinajstić information content (AvgIpc) is 2.74. The van der Waals surface area contributed by atoms with Crippen LogP contribution in [0, 0.1) is 10.1 Å². The number of nitrogens with zero attached hydrogens (tertiary/aromatic N) is 3. The lowest BCUT2D eigenvalue weighted by Gasteiger charge is -2.38. The number of hydrogen-bond donors (Lipinski definition) is 1. The Morgan fingerprint density at radius 1 is 1.00 bits per heavy atom. The van der Waals surface area contributed by atoms with Crippen molar-refractivity contribution in [2.75, 3.05) is 29.2 Å². The lowest BCUT2D eigenvalue weighted by atomic mass is 10.0. The summed E-state index contributed by atoms with van der Waals surface area (Å²) < 4.78 is 0. The average molecular weight is 388 g/mol. The van der Waals surface area contributed by atoms with E-state index in [1.54, 1.807) is 23.1 Å². The lowest BCUT2D eigenvalue weighted by Crippen LogP contribution is -2.43. The minimum Gasteiger partial charge on any atom is -0.378 e. The molecule has 1 N–H and O–H groups in total. The van der Waals surface area contributed by atoms with Crippen LogP contribution in [0.5, 0.6) is 0 Å². The van der Waals surface area contributed by atoms with E-state index in [1.807, 2.05) is 61.5 Å². The van der Waals surface area contributed by atoms with E-state index in [-0.39, 0.29) is 11.6 Å². The molecule has 4 rings (SSSR count). The van der Waals surface area contributed by atoms with Crippen LogP contribution < -0.4 is 15.1 Å². The summed E-state index contributed by atoms with van der Waals surface area (Å²) in [6.45, 7) is 0. The molecule has 0 aromatic heterocycles. The van der Waals surface area contributed by atoms with Crippen molar-refractivity contribution in [3.05, 3.63) is 94.0 Å². The molecule has 0 fully saturated rings. The molecular weight excluding hydrogens is 368 g/mol. The summed E-state index contributed by atoms with van der Waals surface area (Å²) in [6, 6.07) is 21.3. The molecule has 0 bridgehead atoms. The van der Waals surface area contributed by atoms with E-state index in [4.69, 9.17) is 0 Å². The molecule has 1 unspecified atom stereocenters. The molecule has 1 heterocycles. The molecule has 3 aromatic rings. The Hall–Kier alpha value is -3.87. The molecule has 146 valence electrons. The quantitative estimate of drug-likeness (QED) is 0.528. The molecule has 7 nitrogen and oxygen atoms in total. The summed E-state index contributed by atoms with van der Waals surface area (Å²) in [6.07, 6.45) is -0.567. The highest BCUT2D eigenvalue weighted by Gasteiger charge is 2.34. The van der Waals surface area contributed by atoms with E-state index in [0.29, 0.717) is 22.5 Å². The minimum absolute atomic E-state index is 0.0153. The third-order valence-corrected chi connectivity index (χ3v) is 4.97. The SMILES string of the molecule is CN(C)c1ccc(N2C(=O)c3ccccc3NC2c2cccc([N+](=O)[O-])c2)cc1. The van der Waals surface area contributed by atoms with Gasteiger partial charge >= 0.3 is 0 Å². The largest absolute Gasteiger partial charge is 0.378 e. The van der Waals surface area contributed by atoms with Gasteiger partial charge in [-0.15, -0.1) is 0 Å². The number of para-hydroxylation sites is 1. The fraction of sp³-hybridized carbons (Fsp3) is 0.136. The summed E-state index contributed by atoms with van der Waals surface area (Å²) in [5.74, 6) is -0.159. The van der Waals surface area contributed by atoms with E-state index in [1.165, 1.54) is 12.1 Å². The first kappa shape index (κ1) is 18.5. The highest BCUT2D eigenvalue weighted by atomic mass is 16.6. The van der Waals surface area contributed by atoms with Crippen LogP contribution in [0.2, 0.25) is 0 Å². The first-order valence-corrected chi connectivity index (χ1v) is 9.16. The van der Waals surface area contributed by atoms with Crippen LogP contribution in [0.1, 0.15) is 22.1 Å². The number of hydrogen-bond acceptors (Lipinski definition) is 5. The normalized spacial score (nSPS) is 15.4. The topological polar surface area (TPSA) is 78.7 Å². The van der Waals surface area contributed by atoms with Crippen molar-refractivity contribution in [1.82, 2.24) is 0 Å². The number of non-ortho nitro benzene ring substituents is 1. The summed E-state index contributed by atoms with van der Waals surface area (Å²) >= 11 is 0.